The summed E-state index contributed by atoms with van der Waals surface area (Å²) in [5.41, 5.74) is 1.47. The minimum atomic E-state index is -0.403. The molecule has 1 aromatic rings. The van der Waals surface area contributed by atoms with E-state index in [1.165, 1.54) is 6.07 Å². The molecule has 0 radical (unpaired) electrons. The third kappa shape index (κ3) is 3.69. The summed E-state index contributed by atoms with van der Waals surface area (Å²) in [5, 5.41) is 16.8. The molecule has 6 nitrogen and oxygen atoms in total. The molecule has 1 aliphatic rings. The maximum absolute atomic E-state index is 11.4. The van der Waals surface area contributed by atoms with Crippen LogP contribution in [-0.4, -0.2) is 23.9 Å². The van der Waals surface area contributed by atoms with E-state index in [1.54, 1.807) is 13.0 Å². The van der Waals surface area contributed by atoms with E-state index in [0.29, 0.717) is 23.1 Å². The largest absolute Gasteiger partial charge is 0.382 e. The van der Waals surface area contributed by atoms with Crippen molar-refractivity contribution in [2.24, 2.45) is 5.92 Å². The first-order valence-corrected chi connectivity index (χ1v) is 7.24. The second-order valence-corrected chi connectivity index (χ2v) is 5.72. The molecule has 1 saturated carbocycles. The van der Waals surface area contributed by atoms with Gasteiger partial charge in [-0.2, -0.15) is 0 Å². The zero-order valence-electron chi connectivity index (χ0n) is 11.1. The quantitative estimate of drug-likeness (QED) is 0.473. The zero-order valence-corrected chi connectivity index (χ0v) is 12.7. The van der Waals surface area contributed by atoms with E-state index < -0.39 is 4.92 Å². The van der Waals surface area contributed by atoms with Gasteiger partial charge in [0.1, 0.15) is 0 Å². The lowest BCUT2D eigenvalue weighted by atomic mass is 10.2. The van der Waals surface area contributed by atoms with Crippen molar-refractivity contribution in [3.05, 3.63) is 32.3 Å². The van der Waals surface area contributed by atoms with E-state index in [2.05, 4.69) is 26.6 Å². The van der Waals surface area contributed by atoms with Gasteiger partial charge in [0.25, 0.3) is 5.69 Å². The molecule has 0 bridgehead atoms. The molecule has 0 saturated heterocycles. The summed E-state index contributed by atoms with van der Waals surface area (Å²) in [6.07, 6.45) is 1.98. The average molecular weight is 342 g/mol. The Morgan fingerprint density at radius 1 is 1.45 bits per heavy atom. The van der Waals surface area contributed by atoms with Crippen LogP contribution in [0, 0.1) is 23.0 Å². The number of hydrogen-bond acceptors (Lipinski definition) is 4. The average Bonchev–Trinajstić information content (AvgIpc) is 3.21. The van der Waals surface area contributed by atoms with Crippen molar-refractivity contribution in [1.82, 2.24) is 5.32 Å². The van der Waals surface area contributed by atoms with Crippen LogP contribution in [0.3, 0.4) is 0 Å². The molecule has 0 aromatic heterocycles. The number of carbonyl (C=O) groups is 1. The molecule has 0 heterocycles. The molecular formula is C13H16BrN3O3. The molecule has 0 atom stereocenters. The molecule has 1 aliphatic carbocycles. The topological polar surface area (TPSA) is 84.3 Å². The van der Waals surface area contributed by atoms with Crippen LogP contribution in [0.25, 0.3) is 0 Å². The number of aryl methyl sites for hydroxylation is 1. The molecule has 108 valence electrons. The maximum atomic E-state index is 11.4. The second-order valence-electron chi connectivity index (χ2n) is 4.87. The number of nitrogens with one attached hydrogen (secondary N) is 2. The van der Waals surface area contributed by atoms with E-state index >= 15 is 0 Å². The molecule has 1 fully saturated rings. The summed E-state index contributed by atoms with van der Waals surface area (Å²) < 4.78 is 0.642. The van der Waals surface area contributed by atoms with Crippen molar-refractivity contribution in [3.8, 4) is 0 Å². The number of rotatable bonds is 6. The van der Waals surface area contributed by atoms with Crippen molar-refractivity contribution >= 4 is 33.2 Å². The fraction of sp³-hybridized carbons (Fsp3) is 0.462. The number of amides is 1. The Bertz CT molecular complexity index is 544. The smallest absolute Gasteiger partial charge is 0.273 e. The molecule has 2 rings (SSSR count). The van der Waals surface area contributed by atoms with Gasteiger partial charge in [0, 0.05) is 40.8 Å². The van der Waals surface area contributed by atoms with Crippen LogP contribution in [0.15, 0.2) is 16.6 Å². The van der Waals surface area contributed by atoms with Gasteiger partial charge in [-0.1, -0.05) is 0 Å². The van der Waals surface area contributed by atoms with Crippen LogP contribution in [0.1, 0.15) is 18.4 Å². The lowest BCUT2D eigenvalue weighted by molar-refractivity contribution is -0.385. The van der Waals surface area contributed by atoms with Crippen molar-refractivity contribution in [2.45, 2.75) is 19.8 Å². The van der Waals surface area contributed by atoms with E-state index in [0.717, 1.165) is 18.5 Å². The number of benzene rings is 1. The molecule has 1 aromatic carbocycles. The zero-order chi connectivity index (χ0) is 14.7. The number of carbonyl (C=O) groups excluding carboxylic acids is 1. The van der Waals surface area contributed by atoms with Crippen LogP contribution >= 0.6 is 15.9 Å². The number of nitrogens with zero attached hydrogens (tertiary/aromatic N) is 1. The first-order chi connectivity index (χ1) is 9.49. The van der Waals surface area contributed by atoms with Crippen LogP contribution < -0.4 is 10.6 Å². The summed E-state index contributed by atoms with van der Waals surface area (Å²) in [5.74, 6) is 0.328. The lowest BCUT2D eigenvalue weighted by Gasteiger charge is -2.10. The number of nitro groups is 1. The first kappa shape index (κ1) is 14.8. The van der Waals surface area contributed by atoms with E-state index in [9.17, 15) is 14.9 Å². The predicted molar refractivity (Wildman–Crippen MR) is 79.8 cm³/mol. The number of nitro benzene ring substituents is 1. The summed E-state index contributed by atoms with van der Waals surface area (Å²) in [4.78, 5) is 21.8. The van der Waals surface area contributed by atoms with Crippen molar-refractivity contribution in [2.75, 3.05) is 18.4 Å². The fourth-order valence-electron chi connectivity index (χ4n) is 1.88. The van der Waals surface area contributed by atoms with Crippen molar-refractivity contribution in [3.63, 3.8) is 0 Å². The summed E-state index contributed by atoms with van der Waals surface area (Å²) in [6.45, 7) is 2.82. The van der Waals surface area contributed by atoms with Gasteiger partial charge >= 0.3 is 0 Å². The highest BCUT2D eigenvalue weighted by atomic mass is 79.9. The Hall–Kier alpha value is -1.63. The van der Waals surface area contributed by atoms with Crippen molar-refractivity contribution in [1.29, 1.82) is 0 Å². The summed E-state index contributed by atoms with van der Waals surface area (Å²) >= 11 is 3.31. The van der Waals surface area contributed by atoms with Gasteiger partial charge in [-0.3, -0.25) is 14.9 Å². The Morgan fingerprint density at radius 2 is 2.15 bits per heavy atom. The van der Waals surface area contributed by atoms with Crippen molar-refractivity contribution < 1.29 is 9.72 Å². The van der Waals surface area contributed by atoms with E-state index in [4.69, 9.17) is 0 Å². The monoisotopic (exact) mass is 341 g/mol. The second kappa shape index (κ2) is 6.21. The highest BCUT2D eigenvalue weighted by Gasteiger charge is 2.28. The molecule has 0 unspecified atom stereocenters. The maximum Gasteiger partial charge on any atom is 0.273 e. The van der Waals surface area contributed by atoms with E-state index in [1.807, 2.05) is 0 Å². The number of anilines is 1. The third-order valence-corrected chi connectivity index (χ3v) is 3.83. The highest BCUT2D eigenvalue weighted by molar-refractivity contribution is 9.10. The van der Waals surface area contributed by atoms with Gasteiger partial charge in [0.15, 0.2) is 0 Å². The van der Waals surface area contributed by atoms with Crippen LogP contribution in [0.2, 0.25) is 0 Å². The minimum Gasteiger partial charge on any atom is -0.382 e. The standard InChI is InChI=1S/C13H16BrN3O3/c1-8-6-11(10(14)7-12(8)17(19)20)15-4-5-16-13(18)9-2-3-9/h6-7,9,15H,2-5H2,1H3,(H,16,18). The Kier molecular flexibility index (Phi) is 4.59. The molecule has 2 N–H and O–H groups in total. The van der Waals surface area contributed by atoms with E-state index in [-0.39, 0.29) is 17.5 Å². The molecular weight excluding hydrogens is 326 g/mol. The molecule has 1 amide bonds. The van der Waals surface area contributed by atoms with Crippen LogP contribution in [0.4, 0.5) is 11.4 Å². The van der Waals surface area contributed by atoms with Gasteiger partial charge in [0.2, 0.25) is 5.91 Å². The number of hydrogen-bond donors (Lipinski definition) is 2. The Morgan fingerprint density at radius 3 is 2.75 bits per heavy atom. The molecule has 0 spiro atoms. The van der Waals surface area contributed by atoms with Gasteiger partial charge < -0.3 is 10.6 Å². The molecule has 0 aliphatic heterocycles. The fourth-order valence-corrected chi connectivity index (χ4v) is 2.35. The van der Waals surface area contributed by atoms with Crippen LogP contribution in [-0.2, 0) is 4.79 Å². The summed E-state index contributed by atoms with van der Waals surface area (Å²) in [7, 11) is 0. The van der Waals surface area contributed by atoms with Gasteiger partial charge in [0.05, 0.1) is 4.92 Å². The normalized spacial score (nSPS) is 13.9. The van der Waals surface area contributed by atoms with Gasteiger partial charge in [-0.05, 0) is 41.8 Å². The SMILES string of the molecule is Cc1cc(NCCNC(=O)C2CC2)c(Br)cc1[N+](=O)[O-]. The third-order valence-electron chi connectivity index (χ3n) is 3.17. The predicted octanol–water partition coefficient (Wildman–Crippen LogP) is 2.60. The van der Waals surface area contributed by atoms with Gasteiger partial charge in [-0.15, -0.1) is 0 Å². The van der Waals surface area contributed by atoms with Gasteiger partial charge in [-0.25, -0.2) is 0 Å². The Labute approximate surface area is 125 Å². The molecule has 7 heteroatoms. The highest BCUT2D eigenvalue weighted by Crippen LogP contribution is 2.30. The number of halogens is 1. The minimum absolute atomic E-state index is 0.0875. The Balaban J connectivity index is 1.87. The molecule has 20 heavy (non-hydrogen) atoms. The first-order valence-electron chi connectivity index (χ1n) is 6.45. The van der Waals surface area contributed by atoms with Crippen LogP contribution in [0.5, 0.6) is 0 Å². The lowest BCUT2D eigenvalue weighted by Crippen LogP contribution is -2.29. The summed E-state index contributed by atoms with van der Waals surface area (Å²) in [6, 6.07) is 3.21.